The molecule has 426 valence electrons. The maximum atomic E-state index is 2.30. The first-order valence-corrected chi connectivity index (χ1v) is 30.6. The van der Waals surface area contributed by atoms with Gasteiger partial charge in [-0.15, -0.1) is 0 Å². The summed E-state index contributed by atoms with van der Waals surface area (Å²) in [5.41, 5.74) is 23.6. The summed E-state index contributed by atoms with van der Waals surface area (Å²) < 4.78 is 0. The minimum atomic E-state index is 1.27. The van der Waals surface area contributed by atoms with Crippen molar-refractivity contribution in [1.29, 1.82) is 0 Å². The van der Waals surface area contributed by atoms with E-state index in [9.17, 15) is 0 Å². The number of aryl methyl sites for hydroxylation is 6. The lowest BCUT2D eigenvalue weighted by atomic mass is 9.93. The third-order valence-electron chi connectivity index (χ3n) is 16.2. The van der Waals surface area contributed by atoms with Gasteiger partial charge in [0.2, 0.25) is 0 Å². The van der Waals surface area contributed by atoms with Crippen LogP contribution in [0.1, 0.15) is 33.4 Å². The standard InChI is InChI=1S/C19H14.C19H16.C17H12.2C13H12.C7H8/c1-13-10-11-18-16-8-3-2-6-14(16)15-7-4-5-9-17(15)19(18)12-13;1-15-12-18(16-8-4-2-5-9-16)14-19(13-15)17-10-6-3-7-11-17;1-11-9-10-16-14-6-3-2-5-13(14)15-8-4-7-12(11)17(15)16;1-11-6-5-9-13(10-11)12-7-3-2-4-8-12;1-11-7-9-13(10-8-11)12-5-3-2-4-6-12;1-7-5-3-2-4-6-7/h2-12H,1H3;2-14H,1H3;2-10H,1H3;2*2-10H,1H3;2-6H,1H3. The van der Waals surface area contributed by atoms with Gasteiger partial charge in [-0.2, -0.15) is 0 Å². The average Bonchev–Trinajstić information content (AvgIpc) is 1.79. The molecule has 0 nitrogen and oxygen atoms in total. The Labute approximate surface area is 521 Å². The van der Waals surface area contributed by atoms with E-state index >= 15 is 0 Å². The van der Waals surface area contributed by atoms with Crippen molar-refractivity contribution < 1.29 is 0 Å². The van der Waals surface area contributed by atoms with E-state index in [2.05, 4.69) is 351 Å². The molecule has 0 heterocycles. The zero-order valence-electron chi connectivity index (χ0n) is 51.3. The molecule has 88 heavy (non-hydrogen) atoms. The van der Waals surface area contributed by atoms with Crippen molar-refractivity contribution in [3.63, 3.8) is 0 Å². The van der Waals surface area contributed by atoms with Crippen LogP contribution in [-0.4, -0.2) is 0 Å². The van der Waals surface area contributed by atoms with Crippen LogP contribution in [-0.2, 0) is 0 Å². The normalized spacial score (nSPS) is 10.6. The first kappa shape index (κ1) is 59.1. The second kappa shape index (κ2) is 28.5. The van der Waals surface area contributed by atoms with E-state index < -0.39 is 0 Å². The summed E-state index contributed by atoms with van der Waals surface area (Å²) in [4.78, 5) is 0. The molecule has 0 saturated carbocycles. The van der Waals surface area contributed by atoms with Gasteiger partial charge < -0.3 is 0 Å². The van der Waals surface area contributed by atoms with Crippen LogP contribution < -0.4 is 0 Å². The van der Waals surface area contributed by atoms with Gasteiger partial charge in [-0.3, -0.25) is 0 Å². The van der Waals surface area contributed by atoms with Crippen molar-refractivity contribution in [2.24, 2.45) is 0 Å². The maximum absolute atomic E-state index is 2.30. The Morgan fingerprint density at radius 2 is 0.466 bits per heavy atom. The van der Waals surface area contributed by atoms with Crippen molar-refractivity contribution in [1.82, 2.24) is 0 Å². The number of fused-ring (bicyclic) bond motifs is 9. The minimum Gasteiger partial charge on any atom is -0.0622 e. The molecule has 15 aromatic rings. The SMILES string of the molecule is Cc1cc(-c2ccccc2)cc(-c2ccccc2)c1.Cc1ccc(-c2ccccc2)cc1.Cc1ccc2c3c(cccc13)-c1ccccc1-2.Cc1ccc2c3ccccc3c3ccccc3c2c1.Cc1cccc(-c2ccccc2)c1.Cc1ccccc1. The molecule has 0 saturated heterocycles. The zero-order chi connectivity index (χ0) is 60.6. The molecule has 16 rings (SSSR count). The summed E-state index contributed by atoms with van der Waals surface area (Å²) in [6, 6.07) is 120. The van der Waals surface area contributed by atoms with Crippen LogP contribution in [0.2, 0.25) is 0 Å². The molecular formula is C88H74. The highest BCUT2D eigenvalue weighted by Gasteiger charge is 2.20. The van der Waals surface area contributed by atoms with Gasteiger partial charge in [-0.25, -0.2) is 0 Å². The van der Waals surface area contributed by atoms with E-state index in [4.69, 9.17) is 0 Å². The minimum absolute atomic E-state index is 1.27. The van der Waals surface area contributed by atoms with E-state index in [0.29, 0.717) is 0 Å². The molecule has 0 bridgehead atoms. The van der Waals surface area contributed by atoms with Gasteiger partial charge >= 0.3 is 0 Å². The zero-order valence-corrected chi connectivity index (χ0v) is 51.3. The molecule has 1 aliphatic carbocycles. The Hall–Kier alpha value is -10.7. The molecule has 0 aromatic heterocycles. The fraction of sp³-hybridized carbons (Fsp3) is 0.0682. The predicted molar refractivity (Wildman–Crippen MR) is 383 cm³/mol. The molecule has 0 aliphatic heterocycles. The Balaban J connectivity index is 0.000000111. The summed E-state index contributed by atoms with van der Waals surface area (Å²) in [5, 5.41) is 10.9. The van der Waals surface area contributed by atoms with Crippen LogP contribution in [0.25, 0.3) is 110 Å². The van der Waals surface area contributed by atoms with Crippen molar-refractivity contribution in [2.75, 3.05) is 0 Å². The molecular weight excluding hydrogens is 1060 g/mol. The highest BCUT2D eigenvalue weighted by Crippen LogP contribution is 2.47. The van der Waals surface area contributed by atoms with E-state index in [1.54, 1.807) is 0 Å². The van der Waals surface area contributed by atoms with Gasteiger partial charge in [-0.05, 0) is 169 Å². The largest absolute Gasteiger partial charge is 0.0622 e. The molecule has 0 fully saturated rings. The van der Waals surface area contributed by atoms with Gasteiger partial charge in [0.05, 0.1) is 0 Å². The lowest BCUT2D eigenvalue weighted by molar-refractivity contribution is 1.46. The molecule has 0 amide bonds. The highest BCUT2D eigenvalue weighted by atomic mass is 14.2. The lowest BCUT2D eigenvalue weighted by Gasteiger charge is -2.10. The van der Waals surface area contributed by atoms with Crippen molar-refractivity contribution in [3.8, 4) is 66.8 Å². The quantitative estimate of drug-likeness (QED) is 0.154. The first-order chi connectivity index (χ1) is 43.1. The number of benzene rings is 15. The number of rotatable bonds is 4. The Morgan fingerprint density at radius 3 is 0.955 bits per heavy atom. The molecule has 0 spiro atoms. The molecule has 15 aromatic carbocycles. The second-order valence-corrected chi connectivity index (χ2v) is 22.8. The molecule has 0 N–H and O–H groups in total. The maximum Gasteiger partial charge on any atom is -0.00237 e. The van der Waals surface area contributed by atoms with Crippen molar-refractivity contribution in [2.45, 2.75) is 41.5 Å². The Kier molecular flexibility index (Phi) is 19.1. The monoisotopic (exact) mass is 1130 g/mol. The van der Waals surface area contributed by atoms with Gasteiger partial charge in [0.25, 0.3) is 0 Å². The van der Waals surface area contributed by atoms with Gasteiger partial charge in [-0.1, -0.05) is 356 Å². The van der Waals surface area contributed by atoms with Gasteiger partial charge in [0.15, 0.2) is 0 Å². The fourth-order valence-corrected chi connectivity index (χ4v) is 11.7. The van der Waals surface area contributed by atoms with Crippen molar-refractivity contribution in [3.05, 3.63) is 373 Å². The van der Waals surface area contributed by atoms with Crippen molar-refractivity contribution >= 4 is 43.1 Å². The average molecular weight is 1130 g/mol. The summed E-state index contributed by atoms with van der Waals surface area (Å²) >= 11 is 0. The van der Waals surface area contributed by atoms with E-state index in [1.807, 2.05) is 30.3 Å². The number of hydrogen-bond acceptors (Lipinski definition) is 0. The summed E-state index contributed by atoms with van der Waals surface area (Å²) in [5.74, 6) is 0. The smallest absolute Gasteiger partial charge is 0.00237 e. The third-order valence-corrected chi connectivity index (χ3v) is 16.2. The molecule has 0 radical (unpaired) electrons. The molecule has 0 atom stereocenters. The Morgan fingerprint density at radius 1 is 0.148 bits per heavy atom. The molecule has 0 heteroatoms. The topological polar surface area (TPSA) is 0 Å². The van der Waals surface area contributed by atoms with E-state index in [-0.39, 0.29) is 0 Å². The van der Waals surface area contributed by atoms with Crippen LogP contribution in [0.4, 0.5) is 0 Å². The van der Waals surface area contributed by atoms with Crippen LogP contribution in [0.3, 0.4) is 0 Å². The first-order valence-electron chi connectivity index (χ1n) is 30.6. The summed E-state index contributed by atoms with van der Waals surface area (Å²) in [6.07, 6.45) is 0. The molecule has 0 unspecified atom stereocenters. The van der Waals surface area contributed by atoms with Gasteiger partial charge in [0, 0.05) is 0 Å². The highest BCUT2D eigenvalue weighted by molar-refractivity contribution is 6.25. The Bertz CT molecular complexity index is 4610. The van der Waals surface area contributed by atoms with Crippen LogP contribution in [0.5, 0.6) is 0 Å². The number of hydrogen-bond donors (Lipinski definition) is 0. The van der Waals surface area contributed by atoms with Crippen LogP contribution in [0, 0.1) is 41.5 Å². The second-order valence-electron chi connectivity index (χ2n) is 22.8. The van der Waals surface area contributed by atoms with E-state index in [1.165, 1.54) is 143 Å². The third kappa shape index (κ3) is 14.3. The van der Waals surface area contributed by atoms with Crippen LogP contribution in [0.15, 0.2) is 340 Å². The summed E-state index contributed by atoms with van der Waals surface area (Å²) in [6.45, 7) is 12.8. The summed E-state index contributed by atoms with van der Waals surface area (Å²) in [7, 11) is 0. The lowest BCUT2D eigenvalue weighted by Crippen LogP contribution is -1.84. The fourth-order valence-electron chi connectivity index (χ4n) is 11.7. The van der Waals surface area contributed by atoms with Gasteiger partial charge in [0.1, 0.15) is 0 Å². The molecule has 1 aliphatic rings. The van der Waals surface area contributed by atoms with Crippen LogP contribution >= 0.6 is 0 Å². The van der Waals surface area contributed by atoms with E-state index in [0.717, 1.165) is 0 Å². The predicted octanol–water partition coefficient (Wildman–Crippen LogP) is 24.9.